The van der Waals surface area contributed by atoms with E-state index in [1.807, 2.05) is 0 Å². The minimum Gasteiger partial charge on any atom is -0.309 e. The molecule has 0 fully saturated rings. The normalized spacial score (nSPS) is 16.7. The van der Waals surface area contributed by atoms with Gasteiger partial charge in [-0.3, -0.25) is 0 Å². The molecule has 0 amide bonds. The van der Waals surface area contributed by atoms with Crippen LogP contribution >= 0.6 is 0 Å². The SMILES string of the molecule is CC(C)(C)C1(C2(C(C)(C)C)c3ccccc3-c3ccc(N(c4cccc5ccccc45)c4cccc5ccccc45)cc32)c2ccccc2-c2ccc(N(c3cccc4ccccc34)c3cccc4ccccc34)cc21. The maximum Gasteiger partial charge on any atom is 0.0540 e. The lowest BCUT2D eigenvalue weighted by Gasteiger charge is -2.62. The highest BCUT2D eigenvalue weighted by Crippen LogP contribution is 2.75. The second-order valence-electron chi connectivity index (χ2n) is 23.2. The van der Waals surface area contributed by atoms with Crippen molar-refractivity contribution in [3.8, 4) is 22.3 Å². The minimum absolute atomic E-state index is 0.361. The minimum atomic E-state index is -0.632. The van der Waals surface area contributed by atoms with Gasteiger partial charge in [0.15, 0.2) is 0 Å². The summed E-state index contributed by atoms with van der Waals surface area (Å²) in [6.07, 6.45) is 0. The zero-order valence-electron chi connectivity index (χ0n) is 44.1. The van der Waals surface area contributed by atoms with E-state index in [9.17, 15) is 0 Å². The molecule has 2 unspecified atom stereocenters. The third kappa shape index (κ3) is 6.34. The Labute approximate surface area is 447 Å². The fourth-order valence-corrected chi connectivity index (χ4v) is 14.8. The quantitative estimate of drug-likeness (QED) is 0.157. The summed E-state index contributed by atoms with van der Waals surface area (Å²) < 4.78 is 0. The summed E-state index contributed by atoms with van der Waals surface area (Å²) in [5.41, 5.74) is 15.6. The average Bonchev–Trinajstić information content (AvgIpc) is 4.13. The molecule has 2 heteroatoms. The number of nitrogens with zero attached hydrogens (tertiary/aromatic N) is 2. The van der Waals surface area contributed by atoms with Crippen molar-refractivity contribution in [1.29, 1.82) is 0 Å². The molecule has 0 heterocycles. The highest BCUT2D eigenvalue weighted by molar-refractivity contribution is 6.07. The van der Waals surface area contributed by atoms with Crippen molar-refractivity contribution < 1.29 is 0 Å². The van der Waals surface area contributed by atoms with Crippen LogP contribution in [0.5, 0.6) is 0 Å². The Balaban J connectivity index is 1.11. The van der Waals surface area contributed by atoms with E-state index in [1.165, 1.54) is 87.6 Å². The Kier molecular flexibility index (Phi) is 10.2. The molecule has 0 aliphatic heterocycles. The van der Waals surface area contributed by atoms with Gasteiger partial charge < -0.3 is 9.80 Å². The smallest absolute Gasteiger partial charge is 0.0540 e. The van der Waals surface area contributed by atoms with Crippen molar-refractivity contribution in [2.75, 3.05) is 9.80 Å². The first-order valence-electron chi connectivity index (χ1n) is 27.0. The van der Waals surface area contributed by atoms with Gasteiger partial charge in [-0.1, -0.05) is 248 Å². The first-order valence-corrected chi connectivity index (χ1v) is 27.0. The van der Waals surface area contributed by atoms with E-state index in [1.54, 1.807) is 0 Å². The summed E-state index contributed by atoms with van der Waals surface area (Å²) in [6.45, 7) is 15.1. The van der Waals surface area contributed by atoms with Crippen molar-refractivity contribution in [3.63, 3.8) is 0 Å². The molecule has 76 heavy (non-hydrogen) atoms. The van der Waals surface area contributed by atoms with Crippen LogP contribution < -0.4 is 9.80 Å². The predicted molar refractivity (Wildman–Crippen MR) is 324 cm³/mol. The van der Waals surface area contributed by atoms with Crippen LogP contribution in [0.2, 0.25) is 0 Å². The molecular weight excluding hydrogens is 917 g/mol. The summed E-state index contributed by atoms with van der Waals surface area (Å²) in [7, 11) is 0. The molecule has 0 N–H and O–H groups in total. The number of rotatable bonds is 7. The van der Waals surface area contributed by atoms with Gasteiger partial charge in [-0.25, -0.2) is 0 Å². The number of hydrogen-bond acceptors (Lipinski definition) is 2. The van der Waals surface area contributed by atoms with Crippen LogP contribution in [-0.2, 0) is 10.8 Å². The lowest BCUT2D eigenvalue weighted by Crippen LogP contribution is -2.62. The summed E-state index contributed by atoms with van der Waals surface area (Å²) in [4.78, 5) is 5.10. The molecule has 2 atom stereocenters. The Morgan fingerprint density at radius 3 is 0.829 bits per heavy atom. The Morgan fingerprint density at radius 2 is 0.513 bits per heavy atom. The fraction of sp³-hybridized carbons (Fsp3) is 0.135. The maximum atomic E-state index is 2.61. The number of anilines is 6. The van der Waals surface area contributed by atoms with Gasteiger partial charge >= 0.3 is 0 Å². The first-order chi connectivity index (χ1) is 37.0. The summed E-state index contributed by atoms with van der Waals surface area (Å²) in [6, 6.07) is 96.2. The number of hydrogen-bond donors (Lipinski definition) is 0. The van der Waals surface area contributed by atoms with Gasteiger partial charge in [0.25, 0.3) is 0 Å². The molecule has 2 aliphatic rings. The molecule has 366 valence electrons. The molecule has 12 aromatic rings. The van der Waals surface area contributed by atoms with E-state index in [4.69, 9.17) is 0 Å². The zero-order valence-corrected chi connectivity index (χ0v) is 44.1. The van der Waals surface area contributed by atoms with Gasteiger partial charge in [0, 0.05) is 43.7 Å². The predicted octanol–water partition coefficient (Wildman–Crippen LogP) is 20.6. The van der Waals surface area contributed by atoms with Gasteiger partial charge in [0.2, 0.25) is 0 Å². The molecule has 0 saturated carbocycles. The fourth-order valence-electron chi connectivity index (χ4n) is 14.8. The first kappa shape index (κ1) is 45.9. The third-order valence-corrected chi connectivity index (χ3v) is 17.4. The Morgan fingerprint density at radius 1 is 0.250 bits per heavy atom. The van der Waals surface area contributed by atoms with Crippen LogP contribution in [-0.4, -0.2) is 0 Å². The van der Waals surface area contributed by atoms with Crippen molar-refractivity contribution in [3.05, 3.63) is 277 Å². The lowest BCUT2D eigenvalue weighted by atomic mass is 9.39. The summed E-state index contributed by atoms with van der Waals surface area (Å²) >= 11 is 0. The molecule has 0 spiro atoms. The summed E-state index contributed by atoms with van der Waals surface area (Å²) in [5.74, 6) is 0. The molecule has 0 aromatic heterocycles. The van der Waals surface area contributed by atoms with Crippen molar-refractivity contribution in [1.82, 2.24) is 0 Å². The van der Waals surface area contributed by atoms with E-state index in [-0.39, 0.29) is 10.8 Å². The van der Waals surface area contributed by atoms with E-state index < -0.39 is 10.8 Å². The third-order valence-electron chi connectivity index (χ3n) is 17.4. The molecule has 0 saturated heterocycles. The highest BCUT2D eigenvalue weighted by Gasteiger charge is 2.70. The van der Waals surface area contributed by atoms with E-state index in [0.717, 1.165) is 34.1 Å². The summed E-state index contributed by atoms with van der Waals surface area (Å²) in [5, 5.41) is 9.70. The Bertz CT molecular complexity index is 3840. The van der Waals surface area contributed by atoms with Gasteiger partial charge in [-0.05, 0) is 125 Å². The monoisotopic (exact) mass is 976 g/mol. The second kappa shape index (κ2) is 16.9. The zero-order chi connectivity index (χ0) is 51.6. The molecule has 2 nitrogen and oxygen atoms in total. The molecule has 14 rings (SSSR count). The van der Waals surface area contributed by atoms with Gasteiger partial charge in [-0.2, -0.15) is 0 Å². The van der Waals surface area contributed by atoms with Crippen molar-refractivity contribution >= 4 is 77.2 Å². The van der Waals surface area contributed by atoms with E-state index >= 15 is 0 Å². The van der Waals surface area contributed by atoms with Crippen LogP contribution in [0, 0.1) is 10.8 Å². The highest BCUT2D eigenvalue weighted by atomic mass is 15.2. The van der Waals surface area contributed by atoms with Crippen molar-refractivity contribution in [2.45, 2.75) is 52.4 Å². The van der Waals surface area contributed by atoms with E-state index in [2.05, 4.69) is 306 Å². The number of fused-ring (bicyclic) bond motifs is 10. The van der Waals surface area contributed by atoms with Gasteiger partial charge in [0.05, 0.1) is 22.7 Å². The van der Waals surface area contributed by atoms with E-state index in [0.29, 0.717) is 0 Å². The largest absolute Gasteiger partial charge is 0.309 e. The molecule has 0 radical (unpaired) electrons. The van der Waals surface area contributed by atoms with Crippen LogP contribution in [0.3, 0.4) is 0 Å². The van der Waals surface area contributed by atoms with Crippen LogP contribution in [0.1, 0.15) is 63.8 Å². The molecule has 12 aromatic carbocycles. The van der Waals surface area contributed by atoms with Gasteiger partial charge in [0.1, 0.15) is 0 Å². The van der Waals surface area contributed by atoms with Crippen molar-refractivity contribution in [2.24, 2.45) is 10.8 Å². The van der Waals surface area contributed by atoms with Crippen LogP contribution in [0.4, 0.5) is 34.1 Å². The molecule has 0 bridgehead atoms. The Hall–Kier alpha value is -8.72. The van der Waals surface area contributed by atoms with Gasteiger partial charge in [-0.15, -0.1) is 0 Å². The lowest BCUT2D eigenvalue weighted by molar-refractivity contribution is 0.0594. The average molecular weight is 977 g/mol. The van der Waals surface area contributed by atoms with Crippen LogP contribution in [0.25, 0.3) is 65.3 Å². The maximum absolute atomic E-state index is 2.61. The second-order valence-corrected chi connectivity index (χ2v) is 23.2. The molecule has 2 aliphatic carbocycles. The molecular formula is C74H60N2. The number of benzene rings is 12. The standard InChI is InChI=1S/C74H60N2/c1-71(2,3)73(63-37-17-15-35-59(63)61-45-43-53(47-65(61)73)75(67-39-19-27-49-23-7-11-31-55(49)67)68-40-20-28-50-24-8-12-32-56(50)68)74(72(4,5)6)64-38-18-16-36-60(64)62-46-44-54(48-66(62)74)76(69-41-21-29-51-25-9-13-33-57(51)69)70-42-22-30-52-26-10-14-34-58(52)70/h7-48H,1-6H3. The topological polar surface area (TPSA) is 6.48 Å². The van der Waals surface area contributed by atoms with Crippen LogP contribution in [0.15, 0.2) is 255 Å².